The third-order valence-corrected chi connectivity index (χ3v) is 5.81. The highest BCUT2D eigenvalue weighted by atomic mass is 19.1. The molecule has 0 bridgehead atoms. The van der Waals surface area contributed by atoms with Crippen LogP contribution in [0.15, 0.2) is 48.5 Å². The van der Waals surface area contributed by atoms with Crippen LogP contribution in [-0.4, -0.2) is 63.2 Å². The largest absolute Gasteiger partial charge is 0.382 e. The van der Waals surface area contributed by atoms with Crippen molar-refractivity contribution in [1.29, 1.82) is 0 Å². The number of halogens is 2. The van der Waals surface area contributed by atoms with Gasteiger partial charge in [0.2, 0.25) is 17.6 Å². The molecule has 1 aromatic heterocycles. The lowest BCUT2D eigenvalue weighted by molar-refractivity contribution is -0.142. The molecule has 1 heterocycles. The van der Waals surface area contributed by atoms with E-state index >= 15 is 0 Å². The van der Waals surface area contributed by atoms with E-state index in [-0.39, 0.29) is 24.8 Å². The Hall–Kier alpha value is -3.73. The number of aromatic nitrogens is 4. The van der Waals surface area contributed by atoms with Crippen molar-refractivity contribution in [3.05, 3.63) is 65.7 Å². The quantitative estimate of drug-likeness (QED) is 0.320. The molecular weight excluding hydrogens is 494 g/mol. The van der Waals surface area contributed by atoms with E-state index in [1.165, 1.54) is 53.4 Å². The van der Waals surface area contributed by atoms with Crippen molar-refractivity contribution in [2.75, 3.05) is 26.3 Å². The van der Waals surface area contributed by atoms with Gasteiger partial charge in [-0.25, -0.2) is 8.78 Å². The van der Waals surface area contributed by atoms with Gasteiger partial charge < -0.3 is 15.0 Å². The van der Waals surface area contributed by atoms with Crippen molar-refractivity contribution in [2.45, 2.75) is 46.2 Å². The zero-order valence-electron chi connectivity index (χ0n) is 21.9. The second-order valence-electron chi connectivity index (χ2n) is 9.22. The van der Waals surface area contributed by atoms with Crippen LogP contribution >= 0.6 is 0 Å². The van der Waals surface area contributed by atoms with Crippen LogP contribution in [0, 0.1) is 17.6 Å². The number of amides is 2. The van der Waals surface area contributed by atoms with Crippen LogP contribution in [0.2, 0.25) is 0 Å². The minimum absolute atomic E-state index is 0.220. The molecule has 1 atom stereocenters. The normalized spacial score (nSPS) is 11.9. The fraction of sp³-hybridized carbons (Fsp3) is 0.444. The van der Waals surface area contributed by atoms with Crippen molar-refractivity contribution >= 4 is 11.8 Å². The molecule has 38 heavy (non-hydrogen) atoms. The van der Waals surface area contributed by atoms with Gasteiger partial charge >= 0.3 is 0 Å². The van der Waals surface area contributed by atoms with Gasteiger partial charge in [-0.15, -0.1) is 10.2 Å². The minimum Gasteiger partial charge on any atom is -0.382 e. The summed E-state index contributed by atoms with van der Waals surface area (Å²) in [5, 5.41) is 15.1. The summed E-state index contributed by atoms with van der Waals surface area (Å²) in [6.45, 7) is 7.30. The lowest BCUT2D eigenvalue weighted by Crippen LogP contribution is -2.46. The van der Waals surface area contributed by atoms with Crippen LogP contribution in [0.5, 0.6) is 0 Å². The van der Waals surface area contributed by atoms with Crippen molar-refractivity contribution in [2.24, 2.45) is 5.92 Å². The summed E-state index contributed by atoms with van der Waals surface area (Å²) in [5.41, 5.74) is 1.03. The van der Waals surface area contributed by atoms with Gasteiger partial charge in [-0.05, 0) is 72.9 Å². The molecule has 2 amide bonds. The van der Waals surface area contributed by atoms with Crippen molar-refractivity contribution in [3.8, 4) is 11.4 Å². The van der Waals surface area contributed by atoms with Gasteiger partial charge in [0.25, 0.3) is 0 Å². The maximum absolute atomic E-state index is 13.7. The molecule has 204 valence electrons. The summed E-state index contributed by atoms with van der Waals surface area (Å²) in [4.78, 5) is 29.6. The fourth-order valence-electron chi connectivity index (χ4n) is 3.81. The molecule has 0 saturated carbocycles. The Morgan fingerprint density at radius 2 is 1.71 bits per heavy atom. The second-order valence-corrected chi connectivity index (χ2v) is 9.22. The smallest absolute Gasteiger partial charge is 0.247 e. The van der Waals surface area contributed by atoms with E-state index in [1.807, 2.05) is 6.92 Å². The van der Waals surface area contributed by atoms with Crippen LogP contribution in [0.4, 0.5) is 8.78 Å². The number of tetrazole rings is 1. The number of carbonyl (C=O) groups is 2. The molecule has 3 aromatic rings. The van der Waals surface area contributed by atoms with Crippen LogP contribution in [0.3, 0.4) is 0 Å². The number of benzene rings is 2. The Morgan fingerprint density at radius 3 is 2.34 bits per heavy atom. The van der Waals surface area contributed by atoms with Gasteiger partial charge in [-0.1, -0.05) is 26.0 Å². The molecule has 0 fully saturated rings. The molecule has 0 unspecified atom stereocenters. The Kier molecular flexibility index (Phi) is 10.8. The summed E-state index contributed by atoms with van der Waals surface area (Å²) in [6, 6.07) is 10.2. The van der Waals surface area contributed by atoms with E-state index in [2.05, 4.69) is 34.6 Å². The van der Waals surface area contributed by atoms with E-state index < -0.39 is 23.6 Å². The van der Waals surface area contributed by atoms with Gasteiger partial charge in [0, 0.05) is 31.9 Å². The van der Waals surface area contributed by atoms with Crippen LogP contribution < -0.4 is 5.32 Å². The first kappa shape index (κ1) is 28.8. The predicted molar refractivity (Wildman–Crippen MR) is 138 cm³/mol. The Balaban J connectivity index is 1.86. The molecule has 1 N–H and O–H groups in total. The average Bonchev–Trinajstić information content (AvgIpc) is 3.35. The van der Waals surface area contributed by atoms with Gasteiger partial charge in [-0.3, -0.25) is 9.59 Å². The van der Waals surface area contributed by atoms with Gasteiger partial charge in [0.05, 0.1) is 0 Å². The molecule has 0 saturated heterocycles. The van der Waals surface area contributed by atoms with Crippen molar-refractivity contribution < 1.29 is 23.1 Å². The highest BCUT2D eigenvalue weighted by Crippen LogP contribution is 2.23. The summed E-state index contributed by atoms with van der Waals surface area (Å²) in [7, 11) is 0. The summed E-state index contributed by atoms with van der Waals surface area (Å²) in [6.07, 6.45) is 1.26. The van der Waals surface area contributed by atoms with Crippen LogP contribution in [-0.2, 0) is 20.9 Å². The molecule has 0 radical (unpaired) electrons. The first-order chi connectivity index (χ1) is 18.3. The van der Waals surface area contributed by atoms with Crippen LogP contribution in [0.25, 0.3) is 11.4 Å². The molecule has 0 aliphatic carbocycles. The second kappa shape index (κ2) is 14.3. The van der Waals surface area contributed by atoms with E-state index in [1.54, 1.807) is 0 Å². The molecular formula is C27H34F2N6O3. The third-order valence-electron chi connectivity index (χ3n) is 5.81. The number of hydrogen-bond donors (Lipinski definition) is 1. The number of nitrogens with zero attached hydrogens (tertiary/aromatic N) is 5. The molecule has 0 spiro atoms. The fourth-order valence-corrected chi connectivity index (χ4v) is 3.81. The summed E-state index contributed by atoms with van der Waals surface area (Å²) >= 11 is 0. The predicted octanol–water partition coefficient (Wildman–Crippen LogP) is 3.78. The van der Waals surface area contributed by atoms with E-state index in [9.17, 15) is 18.4 Å². The first-order valence-electron chi connectivity index (χ1n) is 12.7. The number of nitrogens with one attached hydrogen (secondary N) is 1. The SMILES string of the molecule is CCOCCCN(C(=O)Cn1nnc(-c2ccc(F)cc2)n1)[C@H](C(=O)NCCC(C)C)c1ccc(F)cc1. The van der Waals surface area contributed by atoms with Crippen molar-refractivity contribution in [3.63, 3.8) is 0 Å². The zero-order chi connectivity index (χ0) is 27.5. The number of rotatable bonds is 14. The first-order valence-corrected chi connectivity index (χ1v) is 12.7. The minimum atomic E-state index is -0.989. The summed E-state index contributed by atoms with van der Waals surface area (Å²) in [5.74, 6) is -0.988. The zero-order valence-corrected chi connectivity index (χ0v) is 21.9. The molecule has 11 heteroatoms. The van der Waals surface area contributed by atoms with Crippen molar-refractivity contribution in [1.82, 2.24) is 30.4 Å². The van der Waals surface area contributed by atoms with E-state index in [0.29, 0.717) is 43.2 Å². The maximum Gasteiger partial charge on any atom is 0.247 e. The standard InChI is InChI=1S/C27H34F2N6O3/c1-4-38-17-5-16-34(24(36)18-35-32-26(31-33-35)21-8-12-23(29)13-9-21)25(20-6-10-22(28)11-7-20)27(37)30-15-14-19(2)3/h6-13,19,25H,4-5,14-18H2,1-3H3,(H,30,37)/t25-/m0/s1. The van der Waals surface area contributed by atoms with Gasteiger partial charge in [-0.2, -0.15) is 4.80 Å². The highest BCUT2D eigenvalue weighted by Gasteiger charge is 2.31. The monoisotopic (exact) mass is 528 g/mol. The molecule has 0 aliphatic rings. The molecule has 3 rings (SSSR count). The maximum atomic E-state index is 13.7. The number of hydrogen-bond acceptors (Lipinski definition) is 6. The molecule has 2 aromatic carbocycles. The Bertz CT molecular complexity index is 1170. The van der Waals surface area contributed by atoms with Gasteiger partial charge in [0.1, 0.15) is 24.2 Å². The number of carbonyl (C=O) groups excluding carboxylic acids is 2. The topological polar surface area (TPSA) is 102 Å². The Labute approximate surface area is 221 Å². The third kappa shape index (κ3) is 8.41. The van der Waals surface area contributed by atoms with E-state index in [4.69, 9.17) is 4.74 Å². The number of ether oxygens (including phenoxy) is 1. The van der Waals surface area contributed by atoms with Gasteiger partial charge in [0.15, 0.2) is 0 Å². The lowest BCUT2D eigenvalue weighted by atomic mass is 10.0. The summed E-state index contributed by atoms with van der Waals surface area (Å²) < 4.78 is 32.4. The molecule has 0 aliphatic heterocycles. The average molecular weight is 529 g/mol. The highest BCUT2D eigenvalue weighted by molar-refractivity contribution is 5.88. The van der Waals surface area contributed by atoms with E-state index in [0.717, 1.165) is 11.2 Å². The molecule has 9 nitrogen and oxygen atoms in total. The Morgan fingerprint density at radius 1 is 1.05 bits per heavy atom. The van der Waals surface area contributed by atoms with Crippen LogP contribution in [0.1, 0.15) is 45.2 Å². The lowest BCUT2D eigenvalue weighted by Gasteiger charge is -2.31.